The molecule has 1 heterocycles. The van der Waals surface area contributed by atoms with Gasteiger partial charge in [0.05, 0.1) is 11.1 Å². The van der Waals surface area contributed by atoms with Crippen LogP contribution in [-0.4, -0.2) is 22.4 Å². The zero-order chi connectivity index (χ0) is 17.3. The fourth-order valence-electron chi connectivity index (χ4n) is 2.36. The van der Waals surface area contributed by atoms with Gasteiger partial charge in [0.1, 0.15) is 5.75 Å². The first-order valence-corrected chi connectivity index (χ1v) is 6.82. The van der Waals surface area contributed by atoms with Crippen molar-refractivity contribution in [3.63, 3.8) is 0 Å². The molecule has 0 bridgehead atoms. The number of halogens is 3. The van der Waals surface area contributed by atoms with Crippen LogP contribution in [0.5, 0.6) is 5.75 Å². The minimum absolute atomic E-state index is 0.110. The van der Waals surface area contributed by atoms with Gasteiger partial charge >= 0.3 is 12.3 Å². The Morgan fingerprint density at radius 1 is 1.00 bits per heavy atom. The Morgan fingerprint density at radius 3 is 2.29 bits per heavy atom. The second-order valence-corrected chi connectivity index (χ2v) is 4.97. The van der Waals surface area contributed by atoms with E-state index in [0.717, 1.165) is 0 Å². The smallest absolute Gasteiger partial charge is 0.478 e. The lowest BCUT2D eigenvalue weighted by molar-refractivity contribution is -0.274. The molecule has 0 radical (unpaired) electrons. The number of nitrogens with zero attached hydrogens (tertiary/aromatic N) is 1. The molecule has 0 saturated heterocycles. The zero-order valence-corrected chi connectivity index (χ0v) is 12.0. The maximum atomic E-state index is 12.2. The third-order valence-corrected chi connectivity index (χ3v) is 3.39. The number of carboxylic acids is 1. The topological polar surface area (TPSA) is 59.4 Å². The van der Waals surface area contributed by atoms with Crippen LogP contribution in [0.1, 0.15) is 10.4 Å². The summed E-state index contributed by atoms with van der Waals surface area (Å²) in [5.41, 5.74) is 1.93. The van der Waals surface area contributed by atoms with E-state index in [2.05, 4.69) is 9.72 Å². The van der Waals surface area contributed by atoms with Crippen molar-refractivity contribution in [2.45, 2.75) is 6.36 Å². The van der Waals surface area contributed by atoms with Crippen LogP contribution in [0.25, 0.3) is 22.0 Å². The summed E-state index contributed by atoms with van der Waals surface area (Å²) in [5, 5.41) is 9.69. The summed E-state index contributed by atoms with van der Waals surface area (Å²) < 4.78 is 40.3. The summed E-state index contributed by atoms with van der Waals surface area (Å²) >= 11 is 0. The molecule has 0 aliphatic carbocycles. The Kier molecular flexibility index (Phi) is 3.84. The monoisotopic (exact) mass is 333 g/mol. The number of benzene rings is 2. The van der Waals surface area contributed by atoms with Gasteiger partial charge in [0.25, 0.3) is 0 Å². The van der Waals surface area contributed by atoms with E-state index in [4.69, 9.17) is 0 Å². The van der Waals surface area contributed by atoms with Crippen molar-refractivity contribution in [2.75, 3.05) is 0 Å². The highest BCUT2D eigenvalue weighted by molar-refractivity contribution is 6.03. The number of fused-ring (bicyclic) bond motifs is 1. The summed E-state index contributed by atoms with van der Waals surface area (Å²) in [7, 11) is 0. The summed E-state index contributed by atoms with van der Waals surface area (Å²) in [5.74, 6) is -1.39. The number of hydrogen-bond donors (Lipinski definition) is 1. The fraction of sp³-hybridized carbons (Fsp3) is 0.0588. The Hall–Kier alpha value is -3.09. The van der Waals surface area contributed by atoms with Gasteiger partial charge in [0, 0.05) is 11.6 Å². The van der Waals surface area contributed by atoms with Gasteiger partial charge < -0.3 is 9.84 Å². The molecular weight excluding hydrogens is 323 g/mol. The lowest BCUT2D eigenvalue weighted by Crippen LogP contribution is -2.16. The van der Waals surface area contributed by atoms with Crippen LogP contribution in [0, 0.1) is 0 Å². The molecule has 122 valence electrons. The first kappa shape index (κ1) is 15.8. The van der Waals surface area contributed by atoms with Crippen molar-refractivity contribution in [3.8, 4) is 16.9 Å². The third-order valence-electron chi connectivity index (χ3n) is 3.39. The van der Waals surface area contributed by atoms with E-state index in [1.54, 1.807) is 18.2 Å². The average Bonchev–Trinajstić information content (AvgIpc) is 2.53. The molecule has 1 N–H and O–H groups in total. The average molecular weight is 333 g/mol. The molecule has 24 heavy (non-hydrogen) atoms. The number of alkyl halides is 3. The van der Waals surface area contributed by atoms with Crippen LogP contribution >= 0.6 is 0 Å². The van der Waals surface area contributed by atoms with Crippen molar-refractivity contribution in [3.05, 3.63) is 60.3 Å². The molecule has 0 unspecified atom stereocenters. The van der Waals surface area contributed by atoms with Crippen molar-refractivity contribution >= 4 is 16.9 Å². The molecule has 7 heteroatoms. The fourth-order valence-corrected chi connectivity index (χ4v) is 2.36. The number of ether oxygens (including phenoxy) is 1. The SMILES string of the molecule is O=C(O)c1ccnc2ccc(-c3ccc(OC(F)(F)F)cc3)cc12. The number of rotatable bonds is 3. The Morgan fingerprint density at radius 2 is 1.67 bits per heavy atom. The second-order valence-electron chi connectivity index (χ2n) is 4.97. The standard InChI is InChI=1S/C17H10F3NO3/c18-17(19,20)24-12-4-1-10(2-5-12)11-3-6-15-14(9-11)13(16(22)23)7-8-21-15/h1-9H,(H,22,23). The maximum Gasteiger partial charge on any atom is 0.573 e. The third kappa shape index (κ3) is 3.29. The van der Waals surface area contributed by atoms with E-state index in [1.807, 2.05) is 0 Å². The maximum absolute atomic E-state index is 12.2. The van der Waals surface area contributed by atoms with Crippen LogP contribution in [0.4, 0.5) is 13.2 Å². The lowest BCUT2D eigenvalue weighted by atomic mass is 10.0. The van der Waals surface area contributed by atoms with E-state index >= 15 is 0 Å². The number of aromatic nitrogens is 1. The van der Waals surface area contributed by atoms with Gasteiger partial charge in [-0.2, -0.15) is 0 Å². The van der Waals surface area contributed by atoms with Crippen LogP contribution in [0.3, 0.4) is 0 Å². The van der Waals surface area contributed by atoms with Crippen LogP contribution in [0.2, 0.25) is 0 Å². The van der Waals surface area contributed by atoms with Gasteiger partial charge in [-0.3, -0.25) is 4.98 Å². The zero-order valence-electron chi connectivity index (χ0n) is 12.0. The molecule has 0 atom stereocenters. The van der Waals surface area contributed by atoms with Crippen LogP contribution < -0.4 is 4.74 Å². The van der Waals surface area contributed by atoms with Crippen LogP contribution in [0.15, 0.2) is 54.7 Å². The number of carboxylic acid groups (broad SMARTS) is 1. The second kappa shape index (κ2) is 5.84. The van der Waals surface area contributed by atoms with E-state index < -0.39 is 12.3 Å². The molecule has 4 nitrogen and oxygen atoms in total. The number of hydrogen-bond acceptors (Lipinski definition) is 3. The normalized spacial score (nSPS) is 11.5. The van der Waals surface area contributed by atoms with Gasteiger partial charge in [-0.05, 0) is 41.5 Å². The molecule has 0 fully saturated rings. The first-order chi connectivity index (χ1) is 11.3. The molecular formula is C17H10F3NO3. The largest absolute Gasteiger partial charge is 0.573 e. The number of pyridine rings is 1. The highest BCUT2D eigenvalue weighted by Crippen LogP contribution is 2.29. The Balaban J connectivity index is 2.00. The molecule has 3 aromatic rings. The molecule has 3 rings (SSSR count). The Labute approximate surface area is 134 Å². The summed E-state index contributed by atoms with van der Waals surface area (Å²) in [6, 6.07) is 11.8. The predicted molar refractivity (Wildman–Crippen MR) is 80.8 cm³/mol. The Bertz CT molecular complexity index is 905. The molecule has 0 aliphatic rings. The molecule has 0 saturated carbocycles. The van der Waals surface area contributed by atoms with Crippen molar-refractivity contribution in [1.29, 1.82) is 0 Å². The van der Waals surface area contributed by atoms with Crippen molar-refractivity contribution in [1.82, 2.24) is 4.98 Å². The lowest BCUT2D eigenvalue weighted by Gasteiger charge is -2.10. The minimum Gasteiger partial charge on any atom is -0.478 e. The van der Waals surface area contributed by atoms with Gasteiger partial charge in [0.2, 0.25) is 0 Å². The van der Waals surface area contributed by atoms with E-state index in [9.17, 15) is 23.1 Å². The first-order valence-electron chi connectivity index (χ1n) is 6.82. The predicted octanol–water partition coefficient (Wildman–Crippen LogP) is 4.50. The number of aromatic carboxylic acids is 1. The van der Waals surface area contributed by atoms with Crippen LogP contribution in [-0.2, 0) is 0 Å². The van der Waals surface area contributed by atoms with Gasteiger partial charge in [-0.25, -0.2) is 4.79 Å². The van der Waals surface area contributed by atoms with Crippen molar-refractivity contribution < 1.29 is 27.8 Å². The highest BCUT2D eigenvalue weighted by atomic mass is 19.4. The van der Waals surface area contributed by atoms with Gasteiger partial charge in [-0.15, -0.1) is 13.2 Å². The minimum atomic E-state index is -4.74. The highest BCUT2D eigenvalue weighted by Gasteiger charge is 2.30. The summed E-state index contributed by atoms with van der Waals surface area (Å²) in [6.45, 7) is 0. The van der Waals surface area contributed by atoms with E-state index in [0.29, 0.717) is 22.0 Å². The number of carbonyl (C=O) groups is 1. The van der Waals surface area contributed by atoms with Gasteiger partial charge in [0.15, 0.2) is 0 Å². The van der Waals surface area contributed by atoms with E-state index in [-0.39, 0.29) is 11.3 Å². The molecule has 1 aromatic heterocycles. The summed E-state index contributed by atoms with van der Waals surface area (Å²) in [6.07, 6.45) is -3.33. The molecule has 0 aliphatic heterocycles. The van der Waals surface area contributed by atoms with E-state index in [1.165, 1.54) is 36.5 Å². The molecule has 0 spiro atoms. The van der Waals surface area contributed by atoms with Gasteiger partial charge in [-0.1, -0.05) is 18.2 Å². The van der Waals surface area contributed by atoms with Crippen molar-refractivity contribution in [2.24, 2.45) is 0 Å². The quantitative estimate of drug-likeness (QED) is 0.767. The molecule has 0 amide bonds. The summed E-state index contributed by atoms with van der Waals surface area (Å²) in [4.78, 5) is 15.4. The molecule has 2 aromatic carbocycles.